The molecule has 0 bridgehead atoms. The zero-order chi connectivity index (χ0) is 17.8. The average Bonchev–Trinajstić information content (AvgIpc) is 3.06. The molecule has 2 aromatic carbocycles. The topological polar surface area (TPSA) is 61.3 Å². The molecule has 0 aliphatic rings. The van der Waals surface area contributed by atoms with E-state index in [0.717, 1.165) is 17.3 Å². The van der Waals surface area contributed by atoms with Crippen molar-refractivity contribution >= 4 is 17.3 Å². The third-order valence-electron chi connectivity index (χ3n) is 3.74. The van der Waals surface area contributed by atoms with Crippen molar-refractivity contribution in [3.63, 3.8) is 0 Å². The molecule has 0 saturated heterocycles. The van der Waals surface area contributed by atoms with Crippen molar-refractivity contribution in [3.8, 4) is 5.75 Å². The van der Waals surface area contributed by atoms with Gasteiger partial charge in [-0.25, -0.2) is 9.37 Å². The van der Waals surface area contributed by atoms with E-state index in [0.29, 0.717) is 17.7 Å². The maximum Gasteiger partial charge on any atom is 0.129 e. The number of hydrogen-bond donors (Lipinski definition) is 2. The van der Waals surface area contributed by atoms with Crippen molar-refractivity contribution in [2.45, 2.75) is 19.4 Å². The first-order chi connectivity index (χ1) is 12.0. The Morgan fingerprint density at radius 2 is 2.08 bits per heavy atom. The van der Waals surface area contributed by atoms with Gasteiger partial charge in [0, 0.05) is 29.9 Å². The standard InChI is InChI=1S/C19H17ClFN3O/c1-12(7-15-10-22-11-23-15)24-19(13-5-3-2-4-6-13)18-16(20)8-14(21)9-17(18)25/h2-6,8-12,25H,7H2,1H3,(H,22,23)/t12-/m1/s1. The number of benzene rings is 2. The molecule has 3 rings (SSSR count). The molecule has 0 spiro atoms. The molecule has 4 nitrogen and oxygen atoms in total. The van der Waals surface area contributed by atoms with Gasteiger partial charge in [-0.2, -0.15) is 0 Å². The first-order valence-electron chi connectivity index (χ1n) is 7.83. The fourth-order valence-electron chi connectivity index (χ4n) is 2.65. The zero-order valence-electron chi connectivity index (χ0n) is 13.6. The smallest absolute Gasteiger partial charge is 0.129 e. The molecule has 1 heterocycles. The number of aromatic amines is 1. The van der Waals surface area contributed by atoms with Crippen LogP contribution < -0.4 is 0 Å². The minimum Gasteiger partial charge on any atom is -0.507 e. The van der Waals surface area contributed by atoms with Crippen LogP contribution in [0.2, 0.25) is 5.02 Å². The van der Waals surface area contributed by atoms with Crippen molar-refractivity contribution in [2.75, 3.05) is 0 Å². The highest BCUT2D eigenvalue weighted by molar-refractivity contribution is 6.36. The second-order valence-corrected chi connectivity index (χ2v) is 6.16. The van der Waals surface area contributed by atoms with Crippen LogP contribution in [0.15, 0.2) is 60.0 Å². The van der Waals surface area contributed by atoms with Gasteiger partial charge in [0.15, 0.2) is 0 Å². The summed E-state index contributed by atoms with van der Waals surface area (Å²) in [5, 5.41) is 10.4. The third kappa shape index (κ3) is 4.06. The number of H-pyrrole nitrogens is 1. The highest BCUT2D eigenvalue weighted by Crippen LogP contribution is 2.30. The van der Waals surface area contributed by atoms with E-state index in [1.165, 1.54) is 6.07 Å². The first-order valence-corrected chi connectivity index (χ1v) is 8.21. The lowest BCUT2D eigenvalue weighted by molar-refractivity contribution is 0.468. The van der Waals surface area contributed by atoms with Crippen LogP contribution in [0, 0.1) is 5.82 Å². The SMILES string of the molecule is C[C@H](Cc1cnc[nH]1)N=C(c1ccccc1)c1c(O)cc(F)cc1Cl. The van der Waals surface area contributed by atoms with E-state index in [2.05, 4.69) is 9.97 Å². The summed E-state index contributed by atoms with van der Waals surface area (Å²) in [4.78, 5) is 11.8. The average molecular weight is 358 g/mol. The van der Waals surface area contributed by atoms with Gasteiger partial charge in [0.1, 0.15) is 11.6 Å². The van der Waals surface area contributed by atoms with Gasteiger partial charge in [-0.3, -0.25) is 4.99 Å². The molecular weight excluding hydrogens is 341 g/mol. The van der Waals surface area contributed by atoms with Crippen molar-refractivity contribution in [1.82, 2.24) is 9.97 Å². The van der Waals surface area contributed by atoms with E-state index in [1.54, 1.807) is 12.5 Å². The van der Waals surface area contributed by atoms with E-state index >= 15 is 0 Å². The number of aliphatic imine (C=N–C) groups is 1. The summed E-state index contributed by atoms with van der Waals surface area (Å²) >= 11 is 6.21. The molecule has 1 aromatic heterocycles. The summed E-state index contributed by atoms with van der Waals surface area (Å²) in [6.07, 6.45) is 4.01. The molecule has 2 N–H and O–H groups in total. The van der Waals surface area contributed by atoms with Crippen LogP contribution in [0.1, 0.15) is 23.7 Å². The second kappa shape index (κ2) is 7.49. The molecule has 0 aliphatic heterocycles. The first kappa shape index (κ1) is 17.2. The number of phenols is 1. The Hall–Kier alpha value is -2.66. The van der Waals surface area contributed by atoms with Crippen molar-refractivity contribution in [1.29, 1.82) is 0 Å². The summed E-state index contributed by atoms with van der Waals surface area (Å²) < 4.78 is 13.5. The number of nitrogens with one attached hydrogen (secondary N) is 1. The van der Waals surface area contributed by atoms with Crippen molar-refractivity contribution in [3.05, 3.63) is 82.6 Å². The number of aromatic hydroxyl groups is 1. The molecule has 0 radical (unpaired) electrons. The van der Waals surface area contributed by atoms with E-state index < -0.39 is 5.82 Å². The summed E-state index contributed by atoms with van der Waals surface area (Å²) in [6, 6.07) is 11.5. The van der Waals surface area contributed by atoms with Gasteiger partial charge >= 0.3 is 0 Å². The minimum absolute atomic E-state index is 0.101. The van der Waals surface area contributed by atoms with Gasteiger partial charge in [0.25, 0.3) is 0 Å². The lowest BCUT2D eigenvalue weighted by Gasteiger charge is -2.14. The fraction of sp³-hybridized carbons (Fsp3) is 0.158. The lowest BCUT2D eigenvalue weighted by atomic mass is 10.0. The predicted octanol–water partition coefficient (Wildman–Crippen LogP) is 4.38. The third-order valence-corrected chi connectivity index (χ3v) is 4.04. The van der Waals surface area contributed by atoms with Gasteiger partial charge in [0.2, 0.25) is 0 Å². The van der Waals surface area contributed by atoms with Crippen LogP contribution in [0.4, 0.5) is 4.39 Å². The number of nitrogens with zero attached hydrogens (tertiary/aromatic N) is 2. The summed E-state index contributed by atoms with van der Waals surface area (Å²) in [5.74, 6) is -0.828. The van der Waals surface area contributed by atoms with Crippen LogP contribution in [-0.2, 0) is 6.42 Å². The predicted molar refractivity (Wildman–Crippen MR) is 96.9 cm³/mol. The monoisotopic (exact) mass is 357 g/mol. The van der Waals surface area contributed by atoms with Crippen LogP contribution in [-0.4, -0.2) is 26.8 Å². The van der Waals surface area contributed by atoms with E-state index in [4.69, 9.17) is 16.6 Å². The van der Waals surface area contributed by atoms with Crippen LogP contribution in [0.3, 0.4) is 0 Å². The number of aromatic nitrogens is 2. The largest absolute Gasteiger partial charge is 0.507 e. The molecule has 1 atom stereocenters. The van der Waals surface area contributed by atoms with Gasteiger partial charge in [-0.15, -0.1) is 0 Å². The van der Waals surface area contributed by atoms with Gasteiger partial charge in [-0.1, -0.05) is 41.9 Å². The molecule has 3 aromatic rings. The minimum atomic E-state index is -0.593. The highest BCUT2D eigenvalue weighted by atomic mass is 35.5. The highest BCUT2D eigenvalue weighted by Gasteiger charge is 2.18. The maximum absolute atomic E-state index is 13.5. The Morgan fingerprint density at radius 3 is 2.72 bits per heavy atom. The van der Waals surface area contributed by atoms with Gasteiger partial charge in [-0.05, 0) is 13.0 Å². The lowest BCUT2D eigenvalue weighted by Crippen LogP contribution is -2.12. The molecule has 128 valence electrons. The van der Waals surface area contributed by atoms with E-state index in [-0.39, 0.29) is 16.8 Å². The quantitative estimate of drug-likeness (QED) is 0.666. The molecule has 0 fully saturated rings. The molecule has 25 heavy (non-hydrogen) atoms. The Labute approximate surface area is 150 Å². The van der Waals surface area contributed by atoms with Gasteiger partial charge < -0.3 is 10.1 Å². The molecule has 0 unspecified atom stereocenters. The second-order valence-electron chi connectivity index (χ2n) is 5.76. The maximum atomic E-state index is 13.5. The number of halogens is 2. The Kier molecular flexibility index (Phi) is 5.14. The van der Waals surface area contributed by atoms with Crippen molar-refractivity contribution < 1.29 is 9.50 Å². The number of phenolic OH excluding ortho intramolecular Hbond substituents is 1. The van der Waals surface area contributed by atoms with Crippen LogP contribution >= 0.6 is 11.6 Å². The van der Waals surface area contributed by atoms with Crippen LogP contribution in [0.5, 0.6) is 5.75 Å². The molecule has 6 heteroatoms. The molecule has 0 saturated carbocycles. The molecule has 0 amide bonds. The Morgan fingerprint density at radius 1 is 1.32 bits per heavy atom. The Bertz CT molecular complexity index is 856. The van der Waals surface area contributed by atoms with Gasteiger partial charge in [0.05, 0.1) is 28.7 Å². The summed E-state index contributed by atoms with van der Waals surface area (Å²) in [7, 11) is 0. The number of rotatable bonds is 5. The summed E-state index contributed by atoms with van der Waals surface area (Å²) in [5.41, 5.74) is 2.60. The molecule has 0 aliphatic carbocycles. The fourth-order valence-corrected chi connectivity index (χ4v) is 2.95. The number of imidazole rings is 1. The number of hydrogen-bond acceptors (Lipinski definition) is 3. The van der Waals surface area contributed by atoms with Crippen LogP contribution in [0.25, 0.3) is 0 Å². The summed E-state index contributed by atoms with van der Waals surface area (Å²) in [6.45, 7) is 1.96. The zero-order valence-corrected chi connectivity index (χ0v) is 14.3. The van der Waals surface area contributed by atoms with E-state index in [1.807, 2.05) is 37.3 Å². The molecular formula is C19H17ClFN3O. The normalized spacial score (nSPS) is 13.0. The van der Waals surface area contributed by atoms with E-state index in [9.17, 15) is 9.50 Å². The van der Waals surface area contributed by atoms with Crippen molar-refractivity contribution in [2.24, 2.45) is 4.99 Å². The Balaban J connectivity index is 2.06.